The average Bonchev–Trinajstić information content (AvgIpc) is 2.92. The molecule has 0 amide bonds. The van der Waals surface area contributed by atoms with Gasteiger partial charge in [0.1, 0.15) is 23.8 Å². The van der Waals surface area contributed by atoms with Crippen LogP contribution in [0.4, 0.5) is 0 Å². The van der Waals surface area contributed by atoms with Crippen molar-refractivity contribution in [3.8, 4) is 0 Å². The van der Waals surface area contributed by atoms with Crippen LogP contribution in [0.3, 0.4) is 0 Å². The third-order valence-corrected chi connectivity index (χ3v) is 4.53. The summed E-state index contributed by atoms with van der Waals surface area (Å²) in [4.78, 5) is 18.6. The lowest BCUT2D eigenvalue weighted by Gasteiger charge is -2.35. The number of cyclic esters (lactones) is 1. The number of carbonyl (C=O) groups is 1. The van der Waals surface area contributed by atoms with Crippen LogP contribution in [0.5, 0.6) is 0 Å². The molecule has 116 valence electrons. The second kappa shape index (κ2) is 5.75. The van der Waals surface area contributed by atoms with Crippen LogP contribution in [0.1, 0.15) is 37.8 Å². The third-order valence-electron chi connectivity index (χ3n) is 4.53. The molecular formula is C15H24N4O2. The van der Waals surface area contributed by atoms with E-state index in [1.165, 1.54) is 6.42 Å². The van der Waals surface area contributed by atoms with Crippen molar-refractivity contribution in [3.05, 3.63) is 11.6 Å². The standard InChI is InChI=1S/C15H24N4O2/c1-10-7-14(15(20)21-10)18-6-4-5-13(8-18)9-19-12(3)16-11(2)17-19/h10,13-14H,4-9H2,1-3H3/t10-,13-,14-/m1/s1. The fraction of sp³-hybridized carbons (Fsp3) is 0.800. The summed E-state index contributed by atoms with van der Waals surface area (Å²) < 4.78 is 7.29. The van der Waals surface area contributed by atoms with Crippen LogP contribution in [0.2, 0.25) is 0 Å². The Morgan fingerprint density at radius 2 is 2.19 bits per heavy atom. The van der Waals surface area contributed by atoms with Gasteiger partial charge in [0.25, 0.3) is 0 Å². The molecule has 0 saturated carbocycles. The normalized spacial score (nSPS) is 30.6. The smallest absolute Gasteiger partial charge is 0.323 e. The van der Waals surface area contributed by atoms with E-state index in [-0.39, 0.29) is 18.1 Å². The number of aryl methyl sites for hydroxylation is 2. The summed E-state index contributed by atoms with van der Waals surface area (Å²) in [6.45, 7) is 8.73. The molecule has 0 N–H and O–H groups in total. The molecule has 6 nitrogen and oxygen atoms in total. The van der Waals surface area contributed by atoms with E-state index >= 15 is 0 Å². The maximum absolute atomic E-state index is 11.9. The molecule has 3 atom stereocenters. The Morgan fingerprint density at radius 1 is 1.38 bits per heavy atom. The largest absolute Gasteiger partial charge is 0.461 e. The van der Waals surface area contributed by atoms with Gasteiger partial charge in [0.15, 0.2) is 0 Å². The molecule has 3 heterocycles. The van der Waals surface area contributed by atoms with Crippen molar-refractivity contribution in [2.24, 2.45) is 5.92 Å². The van der Waals surface area contributed by atoms with Gasteiger partial charge in [0.05, 0.1) is 0 Å². The second-order valence-corrected chi connectivity index (χ2v) is 6.39. The van der Waals surface area contributed by atoms with Gasteiger partial charge in [0.2, 0.25) is 0 Å². The van der Waals surface area contributed by atoms with Gasteiger partial charge in [-0.15, -0.1) is 0 Å². The van der Waals surface area contributed by atoms with E-state index in [4.69, 9.17) is 4.74 Å². The van der Waals surface area contributed by atoms with Gasteiger partial charge in [-0.05, 0) is 46.1 Å². The number of carbonyl (C=O) groups excluding carboxylic acids is 1. The zero-order valence-corrected chi connectivity index (χ0v) is 13.1. The van der Waals surface area contributed by atoms with Gasteiger partial charge >= 0.3 is 5.97 Å². The molecule has 0 spiro atoms. The zero-order valence-electron chi connectivity index (χ0n) is 13.1. The van der Waals surface area contributed by atoms with Crippen molar-refractivity contribution in [2.45, 2.75) is 58.7 Å². The van der Waals surface area contributed by atoms with E-state index < -0.39 is 0 Å². The first kappa shape index (κ1) is 14.5. The SMILES string of the molecule is Cc1nc(C)n(C[C@@H]2CCCN([C@@H]3C[C@@H](C)OC3=O)C2)n1. The molecule has 0 unspecified atom stereocenters. The lowest BCUT2D eigenvalue weighted by Crippen LogP contribution is -2.45. The van der Waals surface area contributed by atoms with E-state index in [0.717, 1.165) is 44.1 Å². The maximum Gasteiger partial charge on any atom is 0.323 e. The molecule has 6 heteroatoms. The van der Waals surface area contributed by atoms with E-state index in [0.29, 0.717) is 5.92 Å². The predicted octanol–water partition coefficient (Wildman–Crippen LogP) is 1.31. The van der Waals surface area contributed by atoms with Crippen molar-refractivity contribution in [1.29, 1.82) is 0 Å². The highest BCUT2D eigenvalue weighted by Crippen LogP contribution is 2.26. The topological polar surface area (TPSA) is 60.2 Å². The number of rotatable bonds is 3. The molecule has 0 aromatic carbocycles. The Hall–Kier alpha value is -1.43. The van der Waals surface area contributed by atoms with Crippen LogP contribution < -0.4 is 0 Å². The molecule has 2 saturated heterocycles. The number of aromatic nitrogens is 3. The predicted molar refractivity (Wildman–Crippen MR) is 77.8 cm³/mol. The van der Waals surface area contributed by atoms with Crippen molar-refractivity contribution < 1.29 is 9.53 Å². The number of ether oxygens (including phenoxy) is 1. The van der Waals surface area contributed by atoms with Gasteiger partial charge in [0, 0.05) is 19.5 Å². The van der Waals surface area contributed by atoms with E-state index in [9.17, 15) is 4.79 Å². The molecule has 2 aliphatic heterocycles. The summed E-state index contributed by atoms with van der Waals surface area (Å²) in [6, 6.07) is -0.0404. The second-order valence-electron chi connectivity index (χ2n) is 6.39. The highest BCUT2D eigenvalue weighted by molar-refractivity contribution is 5.78. The van der Waals surface area contributed by atoms with Crippen molar-refractivity contribution in [3.63, 3.8) is 0 Å². The summed E-state index contributed by atoms with van der Waals surface area (Å²) in [6.07, 6.45) is 3.21. The highest BCUT2D eigenvalue weighted by Gasteiger charge is 2.38. The minimum atomic E-state index is -0.0454. The van der Waals surface area contributed by atoms with Gasteiger partial charge in [-0.25, -0.2) is 9.67 Å². The van der Waals surface area contributed by atoms with Crippen LogP contribution >= 0.6 is 0 Å². The Balaban J connectivity index is 1.63. The molecule has 3 rings (SSSR count). The average molecular weight is 292 g/mol. The summed E-state index contributed by atoms with van der Waals surface area (Å²) in [5.74, 6) is 2.28. The molecular weight excluding hydrogens is 268 g/mol. The van der Waals surface area contributed by atoms with E-state index in [2.05, 4.69) is 15.0 Å². The number of nitrogens with zero attached hydrogens (tertiary/aromatic N) is 4. The lowest BCUT2D eigenvalue weighted by molar-refractivity contribution is -0.145. The quantitative estimate of drug-likeness (QED) is 0.786. The Morgan fingerprint density at radius 3 is 2.81 bits per heavy atom. The molecule has 1 aromatic rings. The number of likely N-dealkylation sites (tertiary alicyclic amines) is 1. The minimum absolute atomic E-state index is 0.0404. The van der Waals surface area contributed by atoms with Crippen LogP contribution in [0.15, 0.2) is 0 Å². The molecule has 21 heavy (non-hydrogen) atoms. The highest BCUT2D eigenvalue weighted by atomic mass is 16.6. The summed E-state index contributed by atoms with van der Waals surface area (Å²) in [5, 5.41) is 4.45. The van der Waals surface area contributed by atoms with Crippen molar-refractivity contribution >= 4 is 5.97 Å². The number of piperidine rings is 1. The molecule has 1 aromatic heterocycles. The van der Waals surface area contributed by atoms with Gasteiger partial charge < -0.3 is 4.74 Å². The van der Waals surface area contributed by atoms with Crippen molar-refractivity contribution in [1.82, 2.24) is 19.7 Å². The fourth-order valence-electron chi connectivity index (χ4n) is 3.54. The van der Waals surface area contributed by atoms with Gasteiger partial charge in [-0.3, -0.25) is 9.69 Å². The van der Waals surface area contributed by atoms with Crippen LogP contribution in [0, 0.1) is 19.8 Å². The molecule has 0 bridgehead atoms. The van der Waals surface area contributed by atoms with Crippen LogP contribution in [-0.2, 0) is 16.1 Å². The number of hydrogen-bond donors (Lipinski definition) is 0. The molecule has 0 aliphatic carbocycles. The Kier molecular flexibility index (Phi) is 3.97. The molecule has 0 radical (unpaired) electrons. The van der Waals surface area contributed by atoms with E-state index in [1.54, 1.807) is 0 Å². The van der Waals surface area contributed by atoms with Crippen LogP contribution in [-0.4, -0.2) is 50.9 Å². The maximum atomic E-state index is 11.9. The monoisotopic (exact) mass is 292 g/mol. The number of esters is 1. The minimum Gasteiger partial charge on any atom is -0.461 e. The van der Waals surface area contributed by atoms with E-state index in [1.807, 2.05) is 25.5 Å². The number of hydrogen-bond acceptors (Lipinski definition) is 5. The summed E-state index contributed by atoms with van der Waals surface area (Å²) in [5.41, 5.74) is 0. The Labute approximate surface area is 125 Å². The summed E-state index contributed by atoms with van der Waals surface area (Å²) in [7, 11) is 0. The third kappa shape index (κ3) is 3.10. The lowest BCUT2D eigenvalue weighted by atomic mass is 9.96. The van der Waals surface area contributed by atoms with Crippen molar-refractivity contribution in [2.75, 3.05) is 13.1 Å². The Bertz CT molecular complexity index is 528. The first-order valence-corrected chi connectivity index (χ1v) is 7.85. The van der Waals surface area contributed by atoms with Gasteiger partial charge in [-0.1, -0.05) is 0 Å². The summed E-state index contributed by atoms with van der Waals surface area (Å²) >= 11 is 0. The molecule has 2 aliphatic rings. The fourth-order valence-corrected chi connectivity index (χ4v) is 3.54. The van der Waals surface area contributed by atoms with Gasteiger partial charge in [-0.2, -0.15) is 5.10 Å². The zero-order chi connectivity index (χ0) is 15.0. The first-order chi connectivity index (χ1) is 10.0. The molecule has 2 fully saturated rings. The first-order valence-electron chi connectivity index (χ1n) is 7.85. The van der Waals surface area contributed by atoms with Crippen LogP contribution in [0.25, 0.3) is 0 Å².